The lowest BCUT2D eigenvalue weighted by molar-refractivity contribution is 0.548. The van der Waals surface area contributed by atoms with Gasteiger partial charge in [0.15, 0.2) is 0 Å². The molecule has 0 N–H and O–H groups in total. The Kier molecular flexibility index (Phi) is 16.0. The number of hydrogen-bond acceptors (Lipinski definition) is 0. The van der Waals surface area contributed by atoms with Crippen molar-refractivity contribution in [1.82, 2.24) is 0 Å². The molecule has 0 heterocycles. The fourth-order valence-electron chi connectivity index (χ4n) is 2.07. The minimum absolute atomic E-state index is 0.694. The van der Waals surface area contributed by atoms with E-state index < -0.39 is 6.63 Å². The Balaban J connectivity index is 2.89. The van der Waals surface area contributed by atoms with E-state index in [4.69, 9.17) is 22.5 Å². The first-order chi connectivity index (χ1) is 8.27. The van der Waals surface area contributed by atoms with Gasteiger partial charge in [0.1, 0.15) is 0 Å². The molecular weight excluding hydrogens is 270 g/mol. The van der Waals surface area contributed by atoms with Crippen molar-refractivity contribution < 1.29 is 0 Å². The molecule has 0 fully saturated rings. The Morgan fingerprint density at radius 3 is 1.29 bits per heavy atom. The van der Waals surface area contributed by atoms with Crippen molar-refractivity contribution in [2.24, 2.45) is 0 Å². The number of halogens is 2. The maximum Gasteiger partial charge on any atom is 0.0854 e. The molecule has 0 saturated carbocycles. The van der Waals surface area contributed by atoms with Crippen LogP contribution in [0.2, 0.25) is 0 Å². The molecule has 0 unspecified atom stereocenters. The molecule has 0 nitrogen and oxygen atoms in total. The minimum Gasteiger partial charge on any atom is -0.0781 e. The second-order valence-electron chi connectivity index (χ2n) is 4.92. The van der Waals surface area contributed by atoms with Gasteiger partial charge in [-0.15, -0.1) is 0 Å². The Labute approximate surface area is 119 Å². The van der Waals surface area contributed by atoms with Crippen LogP contribution in [0.15, 0.2) is 0 Å². The van der Waals surface area contributed by atoms with Gasteiger partial charge in [-0.2, -0.15) is 0 Å². The maximum atomic E-state index is 5.74. The summed E-state index contributed by atoms with van der Waals surface area (Å²) in [5.41, 5.74) is 0. The molecule has 104 valence electrons. The van der Waals surface area contributed by atoms with Gasteiger partial charge >= 0.3 is 0 Å². The second kappa shape index (κ2) is 15.1. The summed E-state index contributed by atoms with van der Waals surface area (Å²) in [6.07, 6.45) is 17.7. The molecule has 0 saturated heterocycles. The fraction of sp³-hybridized carbons (Fsp3) is 1.00. The highest BCUT2D eigenvalue weighted by molar-refractivity contribution is 8.03. The quantitative estimate of drug-likeness (QED) is 0.244. The highest BCUT2D eigenvalue weighted by atomic mass is 35.9. The van der Waals surface area contributed by atoms with Gasteiger partial charge in [0.25, 0.3) is 0 Å². The molecule has 0 radical (unpaired) electrons. The Morgan fingerprint density at radius 1 is 0.588 bits per heavy atom. The van der Waals surface area contributed by atoms with Crippen LogP contribution < -0.4 is 0 Å². The van der Waals surface area contributed by atoms with E-state index >= 15 is 0 Å². The molecule has 0 aliphatic rings. The molecule has 0 rings (SSSR count). The van der Waals surface area contributed by atoms with Crippen molar-refractivity contribution in [3.63, 3.8) is 0 Å². The van der Waals surface area contributed by atoms with Crippen LogP contribution in [0.1, 0.15) is 84.0 Å². The zero-order valence-electron chi connectivity index (χ0n) is 11.4. The molecule has 0 aliphatic carbocycles. The predicted octanol–water partition coefficient (Wildman–Crippen LogP) is 7.48. The molecule has 0 aromatic heterocycles. The van der Waals surface area contributed by atoms with Crippen molar-refractivity contribution in [3.8, 4) is 0 Å². The topological polar surface area (TPSA) is 0 Å². The summed E-state index contributed by atoms with van der Waals surface area (Å²) < 4.78 is 0. The molecule has 0 spiro atoms. The third kappa shape index (κ3) is 17.0. The van der Waals surface area contributed by atoms with Gasteiger partial charge in [-0.05, 0) is 12.6 Å². The molecule has 0 atom stereocenters. The second-order valence-corrected chi connectivity index (χ2v) is 8.94. The lowest BCUT2D eigenvalue weighted by Crippen LogP contribution is -1.83. The Hall–Kier alpha value is 1.01. The van der Waals surface area contributed by atoms with Crippen LogP contribution >= 0.6 is 29.1 Å². The number of hydrogen-bond donors (Lipinski definition) is 0. The smallest absolute Gasteiger partial charge is 0.0781 e. The monoisotopic (exact) mass is 298 g/mol. The molecule has 17 heavy (non-hydrogen) atoms. The summed E-state index contributed by atoms with van der Waals surface area (Å²) in [5, 5.41) is 0. The summed E-state index contributed by atoms with van der Waals surface area (Å²) in [7, 11) is 0. The minimum atomic E-state index is -0.694. The third-order valence-corrected chi connectivity index (χ3v) is 4.85. The average Bonchev–Trinajstić information content (AvgIpc) is 2.30. The average molecular weight is 299 g/mol. The van der Waals surface area contributed by atoms with Crippen molar-refractivity contribution in [1.29, 1.82) is 0 Å². The third-order valence-electron chi connectivity index (χ3n) is 3.18. The summed E-state index contributed by atoms with van der Waals surface area (Å²) in [6, 6.07) is 0. The Bertz CT molecular complexity index is 140. The number of unbranched alkanes of at least 4 members (excludes halogenated alkanes) is 11. The molecule has 0 bridgehead atoms. The summed E-state index contributed by atoms with van der Waals surface area (Å²) >= 11 is 11.5. The van der Waals surface area contributed by atoms with Gasteiger partial charge in [0, 0.05) is 0 Å². The van der Waals surface area contributed by atoms with E-state index in [1.165, 1.54) is 77.0 Å². The van der Waals surface area contributed by atoms with E-state index in [0.29, 0.717) is 0 Å². The van der Waals surface area contributed by atoms with Crippen molar-refractivity contribution in [2.45, 2.75) is 84.0 Å². The van der Waals surface area contributed by atoms with E-state index in [0.717, 1.165) is 6.16 Å². The summed E-state index contributed by atoms with van der Waals surface area (Å²) in [5.74, 6) is 0. The van der Waals surface area contributed by atoms with Crippen LogP contribution in [0.5, 0.6) is 0 Å². The molecular formula is C14H29Cl2P. The maximum absolute atomic E-state index is 5.74. The highest BCUT2D eigenvalue weighted by Gasteiger charge is 1.98. The van der Waals surface area contributed by atoms with Crippen LogP contribution in [-0.2, 0) is 0 Å². The normalized spacial score (nSPS) is 11.3. The van der Waals surface area contributed by atoms with Gasteiger partial charge in [0.05, 0.1) is 6.63 Å². The van der Waals surface area contributed by atoms with Gasteiger partial charge in [0.2, 0.25) is 0 Å². The van der Waals surface area contributed by atoms with E-state index in [1.807, 2.05) is 0 Å². The van der Waals surface area contributed by atoms with Gasteiger partial charge in [-0.25, -0.2) is 0 Å². The van der Waals surface area contributed by atoms with Crippen LogP contribution in [0.3, 0.4) is 0 Å². The van der Waals surface area contributed by atoms with Crippen LogP contribution in [0.25, 0.3) is 0 Å². The van der Waals surface area contributed by atoms with Crippen LogP contribution in [0.4, 0.5) is 0 Å². The largest absolute Gasteiger partial charge is 0.0854 e. The van der Waals surface area contributed by atoms with Crippen LogP contribution in [-0.4, -0.2) is 6.16 Å². The first kappa shape index (κ1) is 18.0. The SMILES string of the molecule is CCCCCCCCCCCCCCP(Cl)Cl. The summed E-state index contributed by atoms with van der Waals surface area (Å²) in [4.78, 5) is 0. The first-order valence-corrected chi connectivity index (χ1v) is 10.7. The molecule has 0 aromatic carbocycles. The predicted molar refractivity (Wildman–Crippen MR) is 84.6 cm³/mol. The van der Waals surface area contributed by atoms with Crippen molar-refractivity contribution in [2.75, 3.05) is 6.16 Å². The van der Waals surface area contributed by atoms with E-state index in [-0.39, 0.29) is 0 Å². The first-order valence-electron chi connectivity index (χ1n) is 7.36. The molecule has 0 aromatic rings. The van der Waals surface area contributed by atoms with E-state index in [9.17, 15) is 0 Å². The van der Waals surface area contributed by atoms with E-state index in [2.05, 4.69) is 6.92 Å². The standard InChI is InChI=1S/C14H29Cl2P/c1-2-3-4-5-6-7-8-9-10-11-12-13-14-17(15)16/h2-14H2,1H3. The fourth-order valence-corrected chi connectivity index (χ4v) is 3.25. The van der Waals surface area contributed by atoms with Crippen LogP contribution in [0, 0.1) is 0 Å². The number of rotatable bonds is 13. The van der Waals surface area contributed by atoms with Gasteiger partial charge in [-0.1, -0.05) is 100 Å². The van der Waals surface area contributed by atoms with E-state index in [1.54, 1.807) is 0 Å². The molecule has 3 heteroatoms. The van der Waals surface area contributed by atoms with Gasteiger partial charge in [-0.3, -0.25) is 0 Å². The Morgan fingerprint density at radius 2 is 0.941 bits per heavy atom. The summed E-state index contributed by atoms with van der Waals surface area (Å²) in [6.45, 7) is 1.58. The lowest BCUT2D eigenvalue weighted by Gasteiger charge is -2.03. The van der Waals surface area contributed by atoms with Crippen molar-refractivity contribution in [3.05, 3.63) is 0 Å². The zero-order chi connectivity index (χ0) is 12.8. The molecule has 0 amide bonds. The molecule has 0 aliphatic heterocycles. The van der Waals surface area contributed by atoms with Gasteiger partial charge < -0.3 is 0 Å². The van der Waals surface area contributed by atoms with Crippen molar-refractivity contribution >= 4 is 29.1 Å². The highest BCUT2D eigenvalue weighted by Crippen LogP contribution is 2.47. The lowest BCUT2D eigenvalue weighted by atomic mass is 10.1. The zero-order valence-corrected chi connectivity index (χ0v) is 13.8.